The third-order valence-electron chi connectivity index (χ3n) is 5.03. The van der Waals surface area contributed by atoms with E-state index in [1.807, 2.05) is 0 Å². The van der Waals surface area contributed by atoms with Gasteiger partial charge in [0.15, 0.2) is 0 Å². The topological polar surface area (TPSA) is 80.9 Å². The molecule has 2 saturated carbocycles. The molecule has 2 aliphatic carbocycles. The number of carbonyl (C=O) groups excluding carboxylic acids is 1. The molecule has 0 aliphatic heterocycles. The smallest absolute Gasteiger partial charge is 0.252 e. The van der Waals surface area contributed by atoms with Crippen LogP contribution in [0.4, 0.5) is 5.95 Å². The second-order valence-electron chi connectivity index (χ2n) is 6.75. The van der Waals surface area contributed by atoms with Gasteiger partial charge >= 0.3 is 0 Å². The number of primary amides is 1. The van der Waals surface area contributed by atoms with E-state index in [0.717, 1.165) is 12.1 Å². The zero-order chi connectivity index (χ0) is 15.4. The number of hydrogen-bond donors (Lipinski definition) is 2. The number of hydrogen-bond acceptors (Lipinski definition) is 4. The lowest BCUT2D eigenvalue weighted by atomic mass is 9.96. The van der Waals surface area contributed by atoms with E-state index in [1.165, 1.54) is 57.8 Å². The first-order chi connectivity index (χ1) is 10.7. The Morgan fingerprint density at radius 3 is 2.50 bits per heavy atom. The zero-order valence-electron chi connectivity index (χ0n) is 13.2. The van der Waals surface area contributed by atoms with Crippen LogP contribution in [0.1, 0.15) is 73.8 Å². The Morgan fingerprint density at radius 2 is 1.82 bits per heavy atom. The minimum absolute atomic E-state index is 0.419. The molecular formula is C17H26N4O. The maximum absolute atomic E-state index is 11.6. The molecule has 2 fully saturated rings. The number of rotatable bonds is 5. The van der Waals surface area contributed by atoms with E-state index >= 15 is 0 Å². The van der Waals surface area contributed by atoms with Gasteiger partial charge in [0, 0.05) is 12.2 Å². The lowest BCUT2D eigenvalue weighted by Gasteiger charge is -2.23. The van der Waals surface area contributed by atoms with Crippen molar-refractivity contribution in [2.45, 2.75) is 70.3 Å². The molecule has 120 valence electrons. The van der Waals surface area contributed by atoms with Gasteiger partial charge in [-0.05, 0) is 25.2 Å². The molecule has 0 bridgehead atoms. The summed E-state index contributed by atoms with van der Waals surface area (Å²) in [5.74, 6) is 0.873. The highest BCUT2D eigenvalue weighted by Gasteiger charge is 2.21. The van der Waals surface area contributed by atoms with E-state index in [2.05, 4.69) is 15.3 Å². The predicted octanol–water partition coefficient (Wildman–Crippen LogP) is 3.05. The monoisotopic (exact) mass is 302 g/mol. The average molecular weight is 302 g/mol. The molecular weight excluding hydrogens is 276 g/mol. The number of aromatic nitrogens is 2. The Hall–Kier alpha value is -1.65. The highest BCUT2D eigenvalue weighted by atomic mass is 16.1. The number of carbonyl (C=O) groups is 1. The summed E-state index contributed by atoms with van der Waals surface area (Å²) < 4.78 is 0. The van der Waals surface area contributed by atoms with Crippen LogP contribution in [-0.4, -0.2) is 21.9 Å². The Labute approximate surface area is 132 Å². The highest BCUT2D eigenvalue weighted by molar-refractivity contribution is 5.93. The van der Waals surface area contributed by atoms with Crippen LogP contribution in [-0.2, 0) is 6.42 Å². The largest absolute Gasteiger partial charge is 0.365 e. The Balaban J connectivity index is 1.74. The van der Waals surface area contributed by atoms with Gasteiger partial charge in [-0.15, -0.1) is 0 Å². The summed E-state index contributed by atoms with van der Waals surface area (Å²) in [5.41, 5.74) is 6.80. The fourth-order valence-corrected chi connectivity index (χ4v) is 3.77. The molecule has 22 heavy (non-hydrogen) atoms. The lowest BCUT2D eigenvalue weighted by molar-refractivity contribution is 0.0998. The van der Waals surface area contributed by atoms with E-state index in [-0.39, 0.29) is 0 Å². The third kappa shape index (κ3) is 3.76. The van der Waals surface area contributed by atoms with Crippen molar-refractivity contribution >= 4 is 11.9 Å². The molecule has 0 atom stereocenters. The molecule has 1 aromatic rings. The highest BCUT2D eigenvalue weighted by Crippen LogP contribution is 2.29. The quantitative estimate of drug-likeness (QED) is 0.876. The van der Waals surface area contributed by atoms with Gasteiger partial charge in [-0.3, -0.25) is 4.79 Å². The number of nitrogens with zero attached hydrogens (tertiary/aromatic N) is 2. The van der Waals surface area contributed by atoms with Crippen LogP contribution in [0.5, 0.6) is 0 Å². The molecule has 0 aromatic carbocycles. The van der Waals surface area contributed by atoms with Crippen molar-refractivity contribution in [3.63, 3.8) is 0 Å². The van der Waals surface area contributed by atoms with Crippen LogP contribution in [0.15, 0.2) is 6.20 Å². The summed E-state index contributed by atoms with van der Waals surface area (Å²) in [6, 6.07) is 0.465. The Kier molecular flexibility index (Phi) is 4.90. The lowest BCUT2D eigenvalue weighted by Crippen LogP contribution is -2.25. The van der Waals surface area contributed by atoms with Gasteiger partial charge in [-0.25, -0.2) is 9.97 Å². The van der Waals surface area contributed by atoms with E-state index in [4.69, 9.17) is 5.73 Å². The van der Waals surface area contributed by atoms with Gasteiger partial charge in [-0.1, -0.05) is 44.9 Å². The molecule has 1 heterocycles. The molecule has 5 nitrogen and oxygen atoms in total. The van der Waals surface area contributed by atoms with Crippen molar-refractivity contribution in [2.75, 3.05) is 5.32 Å². The molecule has 0 spiro atoms. The first kappa shape index (κ1) is 15.3. The summed E-state index contributed by atoms with van der Waals surface area (Å²) in [7, 11) is 0. The number of nitrogens with one attached hydrogen (secondary N) is 1. The first-order valence-corrected chi connectivity index (χ1v) is 8.64. The summed E-state index contributed by atoms with van der Waals surface area (Å²) in [6.45, 7) is 0. The molecule has 0 radical (unpaired) electrons. The molecule has 2 aliphatic rings. The number of nitrogens with two attached hydrogens (primary N) is 1. The number of anilines is 1. The zero-order valence-corrected chi connectivity index (χ0v) is 13.2. The van der Waals surface area contributed by atoms with E-state index in [9.17, 15) is 4.79 Å². The van der Waals surface area contributed by atoms with E-state index < -0.39 is 5.91 Å². The minimum Gasteiger partial charge on any atom is -0.365 e. The SMILES string of the molecule is NC(=O)c1cnc(NC2CCCCC2)nc1CC1CCCC1. The summed E-state index contributed by atoms with van der Waals surface area (Å²) >= 11 is 0. The molecule has 5 heteroatoms. The van der Waals surface area contributed by atoms with Crippen LogP contribution in [0.3, 0.4) is 0 Å². The fraction of sp³-hybridized carbons (Fsp3) is 0.706. The van der Waals surface area contributed by atoms with Crippen LogP contribution in [0.2, 0.25) is 0 Å². The normalized spacial score (nSPS) is 20.2. The number of amides is 1. The van der Waals surface area contributed by atoms with Crippen molar-refractivity contribution in [3.05, 3.63) is 17.5 Å². The van der Waals surface area contributed by atoms with Crippen molar-refractivity contribution in [3.8, 4) is 0 Å². The molecule has 1 aromatic heterocycles. The predicted molar refractivity (Wildman–Crippen MR) is 86.7 cm³/mol. The van der Waals surface area contributed by atoms with Crippen molar-refractivity contribution in [1.29, 1.82) is 0 Å². The standard InChI is InChI=1S/C17H26N4O/c18-16(22)14-11-19-17(20-13-8-2-1-3-9-13)21-15(14)10-12-6-4-5-7-12/h11-13H,1-10H2,(H2,18,22)(H,19,20,21). The van der Waals surface area contributed by atoms with Gasteiger partial charge in [0.2, 0.25) is 5.95 Å². The van der Waals surface area contributed by atoms with Crippen molar-refractivity contribution < 1.29 is 4.79 Å². The van der Waals surface area contributed by atoms with Gasteiger partial charge in [0.25, 0.3) is 5.91 Å². The van der Waals surface area contributed by atoms with Crippen LogP contribution in [0, 0.1) is 5.92 Å². The molecule has 0 saturated heterocycles. The van der Waals surface area contributed by atoms with Gasteiger partial charge < -0.3 is 11.1 Å². The molecule has 0 unspecified atom stereocenters. The van der Waals surface area contributed by atoms with Crippen molar-refractivity contribution in [1.82, 2.24) is 9.97 Å². The average Bonchev–Trinajstić information content (AvgIpc) is 3.01. The second kappa shape index (κ2) is 7.07. The van der Waals surface area contributed by atoms with Gasteiger partial charge in [0.1, 0.15) is 0 Å². The van der Waals surface area contributed by atoms with Crippen LogP contribution in [0.25, 0.3) is 0 Å². The van der Waals surface area contributed by atoms with Crippen LogP contribution >= 0.6 is 0 Å². The minimum atomic E-state index is -0.419. The molecule has 3 N–H and O–H groups in total. The maximum Gasteiger partial charge on any atom is 0.252 e. The molecule has 1 amide bonds. The third-order valence-corrected chi connectivity index (χ3v) is 5.03. The maximum atomic E-state index is 11.6. The van der Waals surface area contributed by atoms with E-state index in [0.29, 0.717) is 23.5 Å². The summed E-state index contributed by atoms with van der Waals surface area (Å²) in [5, 5.41) is 3.44. The molecule has 3 rings (SSSR count). The fourth-order valence-electron chi connectivity index (χ4n) is 3.77. The van der Waals surface area contributed by atoms with Crippen molar-refractivity contribution in [2.24, 2.45) is 11.7 Å². The van der Waals surface area contributed by atoms with Gasteiger partial charge in [0.05, 0.1) is 11.3 Å². The first-order valence-electron chi connectivity index (χ1n) is 8.64. The van der Waals surface area contributed by atoms with Crippen LogP contribution < -0.4 is 11.1 Å². The summed E-state index contributed by atoms with van der Waals surface area (Å²) in [6.07, 6.45) is 13.7. The summed E-state index contributed by atoms with van der Waals surface area (Å²) in [4.78, 5) is 20.6. The van der Waals surface area contributed by atoms with E-state index in [1.54, 1.807) is 6.20 Å². The van der Waals surface area contributed by atoms with Gasteiger partial charge in [-0.2, -0.15) is 0 Å². The Morgan fingerprint density at radius 1 is 1.14 bits per heavy atom. The Bertz CT molecular complexity index is 519. The second-order valence-corrected chi connectivity index (χ2v) is 6.75.